The van der Waals surface area contributed by atoms with Crippen LogP contribution in [0.4, 0.5) is 0 Å². The fourth-order valence-corrected chi connectivity index (χ4v) is 3.60. The zero-order valence-electron chi connectivity index (χ0n) is 19.5. The summed E-state index contributed by atoms with van der Waals surface area (Å²) in [6.45, 7) is 4.72. The Balaban J connectivity index is 2.21. The van der Waals surface area contributed by atoms with Crippen molar-refractivity contribution in [3.63, 3.8) is 0 Å². The predicted molar refractivity (Wildman–Crippen MR) is 125 cm³/mol. The van der Waals surface area contributed by atoms with Crippen molar-refractivity contribution in [1.82, 2.24) is 0 Å². The summed E-state index contributed by atoms with van der Waals surface area (Å²) in [6.07, 6.45) is 20.8. The molecule has 0 aromatic heterocycles. The second kappa shape index (κ2) is 14.0. The molecule has 0 spiro atoms. The van der Waals surface area contributed by atoms with Crippen LogP contribution in [-0.4, -0.2) is 32.5 Å². The molecule has 0 saturated carbocycles. The third-order valence-corrected chi connectivity index (χ3v) is 5.71. The zero-order valence-corrected chi connectivity index (χ0v) is 19.5. The van der Waals surface area contributed by atoms with Crippen LogP contribution in [0.2, 0.25) is 0 Å². The molecule has 0 aliphatic heterocycles. The monoisotopic (exact) mass is 432 g/mol. The lowest BCUT2D eigenvalue weighted by molar-refractivity contribution is -0.133. The minimum Gasteiger partial charge on any atom is -0.508 e. The molecule has 1 rings (SSSR count). The van der Waals surface area contributed by atoms with Crippen LogP contribution in [0.3, 0.4) is 0 Å². The first-order valence-corrected chi connectivity index (χ1v) is 11.7. The van der Waals surface area contributed by atoms with Crippen LogP contribution in [0.1, 0.15) is 97.8 Å². The molecule has 1 aliphatic carbocycles. The number of allylic oxidation sites excluding steroid dienone is 5. The van der Waals surface area contributed by atoms with Gasteiger partial charge in [0.15, 0.2) is 11.4 Å². The number of hydrogen-bond acceptors (Lipinski definition) is 5. The van der Waals surface area contributed by atoms with Gasteiger partial charge in [-0.2, -0.15) is 0 Å². The van der Waals surface area contributed by atoms with E-state index in [2.05, 4.69) is 31.2 Å². The van der Waals surface area contributed by atoms with E-state index < -0.39 is 34.3 Å². The molecule has 0 unspecified atom stereocenters. The Hall–Kier alpha value is -2.14. The highest BCUT2D eigenvalue weighted by Crippen LogP contribution is 2.33. The summed E-state index contributed by atoms with van der Waals surface area (Å²) >= 11 is 0. The van der Waals surface area contributed by atoms with Crippen molar-refractivity contribution in [3.8, 4) is 0 Å². The maximum atomic E-state index is 12.4. The predicted octanol–water partition coefficient (Wildman–Crippen LogP) is 6.35. The van der Waals surface area contributed by atoms with Gasteiger partial charge in [0.2, 0.25) is 5.78 Å². The second-order valence-electron chi connectivity index (χ2n) is 8.50. The first-order chi connectivity index (χ1) is 14.7. The highest BCUT2D eigenvalue weighted by atomic mass is 16.3. The number of carbonyl (C=O) groups excluding carboxylic acids is 2. The third-order valence-electron chi connectivity index (χ3n) is 5.71. The maximum Gasteiger partial charge on any atom is 0.209 e. The van der Waals surface area contributed by atoms with Crippen molar-refractivity contribution in [2.75, 3.05) is 0 Å². The highest BCUT2D eigenvalue weighted by molar-refractivity contribution is 6.25. The van der Waals surface area contributed by atoms with Crippen LogP contribution in [-0.2, 0) is 9.59 Å². The van der Waals surface area contributed by atoms with Gasteiger partial charge in [-0.3, -0.25) is 9.59 Å². The first-order valence-electron chi connectivity index (χ1n) is 11.7. The van der Waals surface area contributed by atoms with E-state index in [1.807, 2.05) is 0 Å². The summed E-state index contributed by atoms with van der Waals surface area (Å²) in [5.41, 5.74) is -2.60. The number of unbranched alkanes of at least 4 members (excludes halogenated alkanes) is 8. The number of hydrogen-bond donors (Lipinski definition) is 3. The highest BCUT2D eigenvalue weighted by Gasteiger charge is 2.45. The number of carbonyl (C=O) groups is 2. The number of rotatable bonds is 15. The zero-order chi connectivity index (χ0) is 23.3. The Morgan fingerprint density at radius 1 is 0.903 bits per heavy atom. The molecule has 31 heavy (non-hydrogen) atoms. The molecule has 0 fully saturated rings. The van der Waals surface area contributed by atoms with Crippen LogP contribution < -0.4 is 0 Å². The van der Waals surface area contributed by atoms with Gasteiger partial charge in [-0.1, -0.05) is 63.3 Å². The SMILES string of the molecule is CCCCC/C=C\C/C=C\CCCCCCCC(=O)C1=C(O)C(C)=C(O)[C@](C)(O)C1=O. The third kappa shape index (κ3) is 8.48. The van der Waals surface area contributed by atoms with Gasteiger partial charge in [0.25, 0.3) is 0 Å². The summed E-state index contributed by atoms with van der Waals surface area (Å²) in [5, 5.41) is 30.1. The average molecular weight is 433 g/mol. The lowest BCUT2D eigenvalue weighted by Gasteiger charge is -2.28. The molecule has 174 valence electrons. The standard InChI is InChI=1S/C26H40O5/c1-4-5-6-7-8-9-10-11-12-13-14-15-16-17-18-19-21(27)22-23(28)20(2)24(29)26(3,31)25(22)30/h8-9,11-12,28-29,31H,4-7,10,13-19H2,1-3H3/b9-8-,12-11-/t26-/m0/s1. The molecular weight excluding hydrogens is 392 g/mol. The average Bonchev–Trinajstić information content (AvgIpc) is 2.74. The Kier molecular flexibility index (Phi) is 12.2. The lowest BCUT2D eigenvalue weighted by Crippen LogP contribution is -2.44. The molecule has 0 aromatic rings. The van der Waals surface area contributed by atoms with Crippen molar-refractivity contribution < 1.29 is 24.9 Å². The van der Waals surface area contributed by atoms with Crippen LogP contribution in [0.5, 0.6) is 0 Å². The van der Waals surface area contributed by atoms with Crippen molar-refractivity contribution >= 4 is 11.6 Å². The van der Waals surface area contributed by atoms with Crippen LogP contribution in [0.15, 0.2) is 47.0 Å². The molecule has 1 atom stereocenters. The van der Waals surface area contributed by atoms with Crippen molar-refractivity contribution in [2.45, 2.75) is 103 Å². The van der Waals surface area contributed by atoms with Crippen LogP contribution in [0, 0.1) is 0 Å². The summed E-state index contributed by atoms with van der Waals surface area (Å²) in [5.74, 6) is -2.56. The molecule has 0 aromatic carbocycles. The summed E-state index contributed by atoms with van der Waals surface area (Å²) in [7, 11) is 0. The van der Waals surface area contributed by atoms with Gasteiger partial charge < -0.3 is 15.3 Å². The van der Waals surface area contributed by atoms with Crippen molar-refractivity contribution in [1.29, 1.82) is 0 Å². The number of aliphatic hydroxyl groups is 3. The van der Waals surface area contributed by atoms with E-state index in [0.29, 0.717) is 6.42 Å². The van der Waals surface area contributed by atoms with E-state index in [9.17, 15) is 24.9 Å². The molecule has 0 amide bonds. The lowest BCUT2D eigenvalue weighted by atomic mass is 9.81. The normalized spacial score (nSPS) is 19.9. The van der Waals surface area contributed by atoms with Gasteiger partial charge in [0, 0.05) is 12.0 Å². The van der Waals surface area contributed by atoms with Gasteiger partial charge in [-0.25, -0.2) is 0 Å². The minimum absolute atomic E-state index is 0.0343. The summed E-state index contributed by atoms with van der Waals surface area (Å²) < 4.78 is 0. The molecule has 5 nitrogen and oxygen atoms in total. The van der Waals surface area contributed by atoms with Gasteiger partial charge in [0.05, 0.1) is 0 Å². The van der Waals surface area contributed by atoms with E-state index >= 15 is 0 Å². The quantitative estimate of drug-likeness (QED) is 0.159. The van der Waals surface area contributed by atoms with Gasteiger partial charge in [-0.05, 0) is 52.4 Å². The van der Waals surface area contributed by atoms with Crippen LogP contribution >= 0.6 is 0 Å². The molecule has 1 aliphatic rings. The molecule has 5 heteroatoms. The summed E-state index contributed by atoms with van der Waals surface area (Å²) in [6, 6.07) is 0. The Morgan fingerprint density at radius 3 is 2.06 bits per heavy atom. The van der Waals surface area contributed by atoms with Crippen molar-refractivity contribution in [2.24, 2.45) is 0 Å². The first kappa shape index (κ1) is 26.9. The van der Waals surface area contributed by atoms with Gasteiger partial charge in [0.1, 0.15) is 17.1 Å². The Bertz CT molecular complexity index is 722. The molecule has 3 N–H and O–H groups in total. The van der Waals surface area contributed by atoms with Crippen molar-refractivity contribution in [3.05, 3.63) is 47.0 Å². The van der Waals surface area contributed by atoms with Crippen LogP contribution in [0.25, 0.3) is 0 Å². The molecule has 0 bridgehead atoms. The number of aliphatic hydroxyl groups excluding tert-OH is 2. The topological polar surface area (TPSA) is 94.8 Å². The molecular formula is C26H40O5. The summed E-state index contributed by atoms with van der Waals surface area (Å²) in [4.78, 5) is 24.7. The molecule has 0 radical (unpaired) electrons. The van der Waals surface area contributed by atoms with E-state index in [0.717, 1.165) is 45.4 Å². The van der Waals surface area contributed by atoms with E-state index in [1.54, 1.807) is 0 Å². The van der Waals surface area contributed by atoms with E-state index in [-0.39, 0.29) is 12.0 Å². The fourth-order valence-electron chi connectivity index (χ4n) is 3.60. The van der Waals surface area contributed by atoms with E-state index in [4.69, 9.17) is 0 Å². The largest absolute Gasteiger partial charge is 0.508 e. The Morgan fingerprint density at radius 2 is 1.45 bits per heavy atom. The maximum absolute atomic E-state index is 12.4. The Labute approximate surface area is 187 Å². The minimum atomic E-state index is -2.17. The number of Topliss-reactive ketones (excluding diaryl/α,β-unsaturated/α-hetero) is 2. The van der Waals surface area contributed by atoms with E-state index in [1.165, 1.54) is 32.6 Å². The second-order valence-corrected chi connectivity index (χ2v) is 8.50. The van der Waals surface area contributed by atoms with Gasteiger partial charge in [-0.15, -0.1) is 0 Å². The smallest absolute Gasteiger partial charge is 0.209 e. The van der Waals surface area contributed by atoms with Gasteiger partial charge >= 0.3 is 0 Å². The fraction of sp³-hybridized carbons (Fsp3) is 0.615. The molecule has 0 heterocycles. The molecule has 0 saturated heterocycles. The number of ketones is 2.